The Bertz CT molecular complexity index is 1460. The van der Waals surface area contributed by atoms with E-state index in [2.05, 4.69) is 50.6 Å². The zero-order chi connectivity index (χ0) is 29.0. The third kappa shape index (κ3) is 6.71. The monoisotopic (exact) mass is 598 g/mol. The van der Waals surface area contributed by atoms with Crippen molar-refractivity contribution in [2.24, 2.45) is 0 Å². The van der Waals surface area contributed by atoms with E-state index < -0.39 is 9.84 Å². The fraction of sp³-hybridized carbons (Fsp3) is 0.467. The zero-order valence-electron chi connectivity index (χ0n) is 23.9. The second kappa shape index (κ2) is 12.8. The second-order valence-electron chi connectivity index (χ2n) is 10.9. The van der Waals surface area contributed by atoms with Crippen LogP contribution in [0.15, 0.2) is 53.6 Å². The summed E-state index contributed by atoms with van der Waals surface area (Å²) < 4.78 is 33.0. The van der Waals surface area contributed by atoms with Gasteiger partial charge in [-0.3, -0.25) is 0 Å². The topological polar surface area (TPSA) is 99.7 Å². The van der Waals surface area contributed by atoms with E-state index in [0.717, 1.165) is 50.1 Å². The Kier molecular flexibility index (Phi) is 9.21. The van der Waals surface area contributed by atoms with Crippen LogP contribution in [0.5, 0.6) is 5.75 Å². The summed E-state index contributed by atoms with van der Waals surface area (Å²) >= 11 is 6.47. The molecule has 220 valence electrons. The SMILES string of the molecule is CCOc1cc(N2CC[C@H](N(C)C)C2)ccc1Nc1ncc(Cl)c(Nc2ccccc2S(=O)(=O)C2CCCCC2)n1. The molecule has 9 nitrogen and oxygen atoms in total. The second-order valence-corrected chi connectivity index (χ2v) is 13.5. The number of para-hydroxylation sites is 1. The molecule has 2 fully saturated rings. The molecule has 3 aromatic rings. The predicted octanol–water partition coefficient (Wildman–Crippen LogP) is 6.26. The van der Waals surface area contributed by atoms with Gasteiger partial charge in [-0.05, 0) is 64.5 Å². The summed E-state index contributed by atoms with van der Waals surface area (Å²) in [5.41, 5.74) is 2.29. The Hall–Kier alpha value is -3.08. The van der Waals surface area contributed by atoms with Crippen LogP contribution in [0.2, 0.25) is 5.02 Å². The van der Waals surface area contributed by atoms with Crippen LogP contribution in [0.25, 0.3) is 0 Å². The van der Waals surface area contributed by atoms with Crippen LogP contribution < -0.4 is 20.3 Å². The average molecular weight is 599 g/mol. The molecule has 0 unspecified atom stereocenters. The van der Waals surface area contributed by atoms with Gasteiger partial charge in [0, 0.05) is 30.9 Å². The van der Waals surface area contributed by atoms with Gasteiger partial charge in [-0.25, -0.2) is 13.4 Å². The van der Waals surface area contributed by atoms with E-state index in [0.29, 0.717) is 48.7 Å². The third-order valence-electron chi connectivity index (χ3n) is 7.95. The van der Waals surface area contributed by atoms with Crippen LogP contribution in [0.4, 0.5) is 28.8 Å². The Morgan fingerprint density at radius 1 is 1.05 bits per heavy atom. The first-order chi connectivity index (χ1) is 19.8. The van der Waals surface area contributed by atoms with E-state index in [1.165, 1.54) is 6.20 Å². The van der Waals surface area contributed by atoms with Crippen molar-refractivity contribution in [2.45, 2.75) is 61.6 Å². The van der Waals surface area contributed by atoms with E-state index in [1.54, 1.807) is 24.3 Å². The molecule has 2 aromatic carbocycles. The highest BCUT2D eigenvalue weighted by Crippen LogP contribution is 2.36. The van der Waals surface area contributed by atoms with Crippen molar-refractivity contribution in [3.63, 3.8) is 0 Å². The number of likely N-dealkylation sites (N-methyl/N-ethyl adjacent to an activating group) is 1. The summed E-state index contributed by atoms with van der Waals surface area (Å²) in [7, 11) is 0.739. The standard InChI is InChI=1S/C30H39ClN6O3S/c1-4-40-27-18-21(37-17-16-22(20-37)36(2)3)14-15-25(27)34-30-32-19-24(31)29(35-30)33-26-12-8-9-13-28(26)41(38,39)23-10-6-5-7-11-23/h8-9,12-15,18-19,22-23H,4-7,10-11,16-17,20H2,1-3H3,(H2,32,33,34,35)/t22-/m0/s1. The van der Waals surface area contributed by atoms with Crippen LogP contribution >= 0.6 is 11.6 Å². The Morgan fingerprint density at radius 3 is 2.56 bits per heavy atom. The largest absolute Gasteiger partial charge is 0.492 e. The fourth-order valence-electron chi connectivity index (χ4n) is 5.62. The minimum Gasteiger partial charge on any atom is -0.492 e. The van der Waals surface area contributed by atoms with Gasteiger partial charge in [0.05, 0.1) is 34.3 Å². The lowest BCUT2D eigenvalue weighted by Crippen LogP contribution is -2.31. The molecule has 2 heterocycles. The van der Waals surface area contributed by atoms with Crippen LogP contribution in [0.3, 0.4) is 0 Å². The van der Waals surface area contributed by atoms with Crippen molar-refractivity contribution >= 4 is 50.3 Å². The van der Waals surface area contributed by atoms with Gasteiger partial charge in [-0.15, -0.1) is 0 Å². The highest BCUT2D eigenvalue weighted by atomic mass is 35.5. The van der Waals surface area contributed by atoms with Crippen molar-refractivity contribution in [1.82, 2.24) is 14.9 Å². The van der Waals surface area contributed by atoms with Gasteiger partial charge in [0.2, 0.25) is 5.95 Å². The molecule has 0 radical (unpaired) electrons. The number of nitrogens with zero attached hydrogens (tertiary/aromatic N) is 4. The van der Waals surface area contributed by atoms with Crippen LogP contribution in [0, 0.1) is 0 Å². The van der Waals surface area contributed by atoms with Gasteiger partial charge >= 0.3 is 0 Å². The lowest BCUT2D eigenvalue weighted by Gasteiger charge is -2.23. The molecular formula is C30H39ClN6O3S. The van der Waals surface area contributed by atoms with Crippen molar-refractivity contribution in [3.8, 4) is 5.75 Å². The number of aromatic nitrogens is 2. The number of rotatable bonds is 10. The third-order valence-corrected chi connectivity index (χ3v) is 10.5. The molecule has 1 aliphatic carbocycles. The fourth-order valence-corrected chi connectivity index (χ4v) is 7.76. The van der Waals surface area contributed by atoms with Gasteiger partial charge in [-0.1, -0.05) is 43.0 Å². The maximum absolute atomic E-state index is 13.5. The summed E-state index contributed by atoms with van der Waals surface area (Å²) in [5.74, 6) is 1.33. The molecule has 0 bridgehead atoms. The van der Waals surface area contributed by atoms with Gasteiger partial charge in [0.25, 0.3) is 0 Å². The van der Waals surface area contributed by atoms with E-state index in [9.17, 15) is 8.42 Å². The van der Waals surface area contributed by atoms with Gasteiger partial charge < -0.3 is 25.2 Å². The molecule has 2 N–H and O–H groups in total. The molecule has 11 heteroatoms. The first kappa shape index (κ1) is 29.4. The maximum atomic E-state index is 13.5. The molecule has 41 heavy (non-hydrogen) atoms. The maximum Gasteiger partial charge on any atom is 0.229 e. The minimum atomic E-state index is -3.50. The van der Waals surface area contributed by atoms with Crippen molar-refractivity contribution in [3.05, 3.63) is 53.7 Å². The summed E-state index contributed by atoms with van der Waals surface area (Å²) in [5, 5.41) is 6.34. The Morgan fingerprint density at radius 2 is 1.83 bits per heavy atom. The molecule has 1 saturated carbocycles. The summed E-state index contributed by atoms with van der Waals surface area (Å²) in [6.45, 7) is 4.43. The molecule has 5 rings (SSSR count). The first-order valence-electron chi connectivity index (χ1n) is 14.3. The van der Waals surface area contributed by atoms with Gasteiger partial charge in [-0.2, -0.15) is 4.98 Å². The predicted molar refractivity (Wildman–Crippen MR) is 166 cm³/mol. The van der Waals surface area contributed by atoms with Crippen LogP contribution in [-0.4, -0.2) is 68.4 Å². The summed E-state index contributed by atoms with van der Waals surface area (Å²) in [6, 6.07) is 13.6. The molecule has 1 saturated heterocycles. The molecular weight excluding hydrogens is 560 g/mol. The quantitative estimate of drug-likeness (QED) is 0.280. The average Bonchev–Trinajstić information content (AvgIpc) is 3.48. The van der Waals surface area contributed by atoms with E-state index in [1.807, 2.05) is 19.1 Å². The smallest absolute Gasteiger partial charge is 0.229 e. The number of benzene rings is 2. The van der Waals surface area contributed by atoms with Crippen molar-refractivity contribution < 1.29 is 13.2 Å². The van der Waals surface area contributed by atoms with E-state index in [-0.39, 0.29) is 15.2 Å². The zero-order valence-corrected chi connectivity index (χ0v) is 25.5. The Balaban J connectivity index is 1.38. The number of anilines is 5. The Labute approximate surface area is 248 Å². The highest BCUT2D eigenvalue weighted by molar-refractivity contribution is 7.92. The molecule has 0 amide bonds. The number of ether oxygens (including phenoxy) is 1. The van der Waals surface area contributed by atoms with Gasteiger partial charge in [0.15, 0.2) is 15.7 Å². The molecule has 1 aliphatic heterocycles. The minimum absolute atomic E-state index is 0.267. The van der Waals surface area contributed by atoms with Gasteiger partial charge in [0.1, 0.15) is 10.8 Å². The van der Waals surface area contributed by atoms with E-state index in [4.69, 9.17) is 16.3 Å². The number of sulfone groups is 1. The molecule has 2 aliphatic rings. The van der Waals surface area contributed by atoms with E-state index >= 15 is 0 Å². The highest BCUT2D eigenvalue weighted by Gasteiger charge is 2.31. The summed E-state index contributed by atoms with van der Waals surface area (Å²) in [6.07, 6.45) is 6.95. The lowest BCUT2D eigenvalue weighted by molar-refractivity contribution is 0.315. The number of halogens is 1. The van der Waals surface area contributed by atoms with Crippen molar-refractivity contribution in [2.75, 3.05) is 49.3 Å². The normalized spacial score (nSPS) is 18.1. The van der Waals surface area contributed by atoms with Crippen molar-refractivity contribution in [1.29, 1.82) is 0 Å². The molecule has 1 atom stereocenters. The first-order valence-corrected chi connectivity index (χ1v) is 16.3. The van der Waals surface area contributed by atoms with Crippen LogP contribution in [0.1, 0.15) is 45.4 Å². The lowest BCUT2D eigenvalue weighted by atomic mass is 10.0. The number of nitrogens with one attached hydrogen (secondary N) is 2. The number of hydrogen-bond donors (Lipinski definition) is 2. The molecule has 0 spiro atoms. The number of hydrogen-bond acceptors (Lipinski definition) is 9. The summed E-state index contributed by atoms with van der Waals surface area (Å²) in [4.78, 5) is 13.9. The van der Waals surface area contributed by atoms with Crippen LogP contribution in [-0.2, 0) is 9.84 Å². The molecule has 1 aromatic heterocycles.